The molecule has 1 rings (SSSR count). The number of aryl methyl sites for hydroxylation is 1. The van der Waals surface area contributed by atoms with E-state index in [0.29, 0.717) is 18.3 Å². The van der Waals surface area contributed by atoms with Gasteiger partial charge in [-0.1, -0.05) is 25.9 Å². The minimum absolute atomic E-state index is 0.0987. The van der Waals surface area contributed by atoms with E-state index in [0.717, 1.165) is 6.42 Å². The quantitative estimate of drug-likeness (QED) is 0.792. The molecule has 0 saturated heterocycles. The maximum atomic E-state index is 9.01. The molecule has 1 heterocycles. The van der Waals surface area contributed by atoms with Crippen LogP contribution >= 0.6 is 0 Å². The van der Waals surface area contributed by atoms with Gasteiger partial charge in [-0.15, -0.1) is 0 Å². The summed E-state index contributed by atoms with van der Waals surface area (Å²) in [6.07, 6.45) is 0.723. The fourth-order valence-corrected chi connectivity index (χ4v) is 1.60. The van der Waals surface area contributed by atoms with Gasteiger partial charge >= 0.3 is 0 Å². The summed E-state index contributed by atoms with van der Waals surface area (Å²) in [6, 6.07) is 0.233. The molecule has 0 aliphatic heterocycles. The number of aliphatic hydroxyl groups excluding tert-OH is 1. The summed E-state index contributed by atoms with van der Waals surface area (Å²) in [4.78, 5) is 4.12. The van der Waals surface area contributed by atoms with Crippen LogP contribution in [0.4, 0.5) is 0 Å². The van der Waals surface area contributed by atoms with Crippen LogP contribution in [0.1, 0.15) is 38.9 Å². The highest BCUT2D eigenvalue weighted by atomic mass is 16.5. The van der Waals surface area contributed by atoms with Crippen LogP contribution in [0.25, 0.3) is 0 Å². The highest BCUT2D eigenvalue weighted by Gasteiger charge is 2.23. The first-order valence-corrected chi connectivity index (χ1v) is 5.57. The molecule has 0 saturated carbocycles. The van der Waals surface area contributed by atoms with Crippen LogP contribution in [-0.2, 0) is 6.54 Å². The van der Waals surface area contributed by atoms with Crippen LogP contribution in [0.15, 0.2) is 4.52 Å². The zero-order valence-electron chi connectivity index (χ0n) is 10.4. The second kappa shape index (κ2) is 5.41. The molecule has 0 spiro atoms. The Labute approximate surface area is 96.2 Å². The molecule has 1 aromatic heterocycles. The Morgan fingerprint density at radius 1 is 1.44 bits per heavy atom. The van der Waals surface area contributed by atoms with E-state index in [1.54, 1.807) is 6.92 Å². The summed E-state index contributed by atoms with van der Waals surface area (Å²) in [7, 11) is 0. The molecular weight excluding hydrogens is 206 g/mol. The lowest BCUT2D eigenvalue weighted by Crippen LogP contribution is -2.40. The predicted octanol–water partition coefficient (Wildman–Crippen LogP) is 1.26. The molecule has 0 aliphatic rings. The van der Waals surface area contributed by atoms with E-state index < -0.39 is 0 Å². The van der Waals surface area contributed by atoms with Gasteiger partial charge in [-0.25, -0.2) is 0 Å². The molecule has 16 heavy (non-hydrogen) atoms. The van der Waals surface area contributed by atoms with Crippen molar-refractivity contribution in [2.45, 2.75) is 46.7 Å². The van der Waals surface area contributed by atoms with Crippen molar-refractivity contribution in [3.63, 3.8) is 0 Å². The Kier molecular flexibility index (Phi) is 4.44. The molecule has 0 aromatic carbocycles. The molecule has 0 bridgehead atoms. The second-order valence-electron chi connectivity index (χ2n) is 5.04. The zero-order valence-corrected chi connectivity index (χ0v) is 10.4. The number of hydrogen-bond acceptors (Lipinski definition) is 5. The van der Waals surface area contributed by atoms with E-state index >= 15 is 0 Å². The zero-order chi connectivity index (χ0) is 12.2. The van der Waals surface area contributed by atoms with Gasteiger partial charge in [0.15, 0.2) is 5.82 Å². The maximum absolute atomic E-state index is 9.01. The van der Waals surface area contributed by atoms with E-state index in [1.165, 1.54) is 0 Å². The highest BCUT2D eigenvalue weighted by Crippen LogP contribution is 2.21. The third kappa shape index (κ3) is 3.90. The number of aliphatic hydroxyl groups is 1. The molecule has 0 aliphatic carbocycles. The molecule has 1 unspecified atom stereocenters. The lowest BCUT2D eigenvalue weighted by Gasteiger charge is -2.30. The Hall–Kier alpha value is -0.940. The minimum Gasteiger partial charge on any atom is -0.396 e. The van der Waals surface area contributed by atoms with Gasteiger partial charge in [-0.05, 0) is 11.8 Å². The number of hydrogen-bond donors (Lipinski definition) is 2. The summed E-state index contributed by atoms with van der Waals surface area (Å²) in [6.45, 7) is 8.94. The summed E-state index contributed by atoms with van der Waals surface area (Å²) < 4.78 is 4.89. The van der Waals surface area contributed by atoms with Crippen molar-refractivity contribution >= 4 is 0 Å². The average molecular weight is 227 g/mol. The van der Waals surface area contributed by atoms with Crippen molar-refractivity contribution in [3.05, 3.63) is 11.7 Å². The Bertz CT molecular complexity index is 317. The fraction of sp³-hybridized carbons (Fsp3) is 0.818. The Balaban J connectivity index is 2.50. The van der Waals surface area contributed by atoms with E-state index in [4.69, 9.17) is 9.63 Å². The largest absolute Gasteiger partial charge is 0.396 e. The van der Waals surface area contributed by atoms with E-state index in [1.807, 2.05) is 0 Å². The molecule has 5 heteroatoms. The minimum atomic E-state index is 0.0987. The monoisotopic (exact) mass is 227 g/mol. The van der Waals surface area contributed by atoms with Crippen molar-refractivity contribution in [2.24, 2.45) is 5.41 Å². The number of nitrogens with zero attached hydrogens (tertiary/aromatic N) is 2. The van der Waals surface area contributed by atoms with Crippen LogP contribution in [-0.4, -0.2) is 27.9 Å². The lowest BCUT2D eigenvalue weighted by molar-refractivity contribution is 0.195. The Morgan fingerprint density at radius 2 is 2.12 bits per heavy atom. The van der Waals surface area contributed by atoms with Gasteiger partial charge in [0.05, 0.1) is 6.54 Å². The SMILES string of the molecule is Cc1nc(CNC(CCO)C(C)(C)C)no1. The molecule has 0 fully saturated rings. The molecule has 92 valence electrons. The molecule has 2 N–H and O–H groups in total. The third-order valence-corrected chi connectivity index (χ3v) is 2.54. The van der Waals surface area contributed by atoms with Gasteiger partial charge in [-0.3, -0.25) is 0 Å². The Morgan fingerprint density at radius 3 is 2.56 bits per heavy atom. The van der Waals surface area contributed by atoms with Gasteiger partial charge in [0.1, 0.15) is 0 Å². The van der Waals surface area contributed by atoms with E-state index in [2.05, 4.69) is 36.2 Å². The van der Waals surface area contributed by atoms with Gasteiger partial charge in [0.2, 0.25) is 5.89 Å². The van der Waals surface area contributed by atoms with Crippen molar-refractivity contribution in [1.82, 2.24) is 15.5 Å². The second-order valence-corrected chi connectivity index (χ2v) is 5.04. The van der Waals surface area contributed by atoms with Crippen LogP contribution < -0.4 is 5.32 Å². The highest BCUT2D eigenvalue weighted by molar-refractivity contribution is 4.87. The molecule has 0 amide bonds. The van der Waals surface area contributed by atoms with Crippen LogP contribution in [0.2, 0.25) is 0 Å². The van der Waals surface area contributed by atoms with Gasteiger partial charge in [-0.2, -0.15) is 4.98 Å². The molecule has 0 radical (unpaired) electrons. The predicted molar refractivity (Wildman–Crippen MR) is 60.8 cm³/mol. The number of nitrogens with one attached hydrogen (secondary N) is 1. The van der Waals surface area contributed by atoms with Crippen LogP contribution in [0.5, 0.6) is 0 Å². The van der Waals surface area contributed by atoms with Crippen LogP contribution in [0.3, 0.4) is 0 Å². The molecular formula is C11H21N3O2. The van der Waals surface area contributed by atoms with Crippen molar-refractivity contribution < 1.29 is 9.63 Å². The topological polar surface area (TPSA) is 71.2 Å². The first kappa shape index (κ1) is 13.1. The number of aromatic nitrogens is 2. The molecule has 1 aromatic rings. The number of rotatable bonds is 5. The molecule has 1 atom stereocenters. The lowest BCUT2D eigenvalue weighted by atomic mass is 9.85. The summed E-state index contributed by atoms with van der Waals surface area (Å²) in [5, 5.41) is 16.2. The van der Waals surface area contributed by atoms with Crippen molar-refractivity contribution in [2.75, 3.05) is 6.61 Å². The maximum Gasteiger partial charge on any atom is 0.223 e. The standard InChI is InChI=1S/C11H21N3O2/c1-8-13-10(14-16-8)7-12-9(5-6-15)11(2,3)4/h9,12,15H,5-7H2,1-4H3. The first-order valence-electron chi connectivity index (χ1n) is 5.57. The first-order chi connectivity index (χ1) is 7.43. The molecule has 5 nitrogen and oxygen atoms in total. The fourth-order valence-electron chi connectivity index (χ4n) is 1.60. The van der Waals surface area contributed by atoms with E-state index in [-0.39, 0.29) is 18.1 Å². The van der Waals surface area contributed by atoms with Crippen LogP contribution in [0, 0.1) is 12.3 Å². The van der Waals surface area contributed by atoms with Gasteiger partial charge in [0.25, 0.3) is 0 Å². The van der Waals surface area contributed by atoms with Gasteiger partial charge in [0, 0.05) is 19.6 Å². The third-order valence-electron chi connectivity index (χ3n) is 2.54. The van der Waals surface area contributed by atoms with Crippen molar-refractivity contribution in [3.8, 4) is 0 Å². The van der Waals surface area contributed by atoms with E-state index in [9.17, 15) is 0 Å². The summed E-state index contributed by atoms with van der Waals surface area (Å²) >= 11 is 0. The average Bonchev–Trinajstić information content (AvgIpc) is 2.57. The summed E-state index contributed by atoms with van der Waals surface area (Å²) in [5.41, 5.74) is 0.0987. The smallest absolute Gasteiger partial charge is 0.223 e. The summed E-state index contributed by atoms with van der Waals surface area (Å²) in [5.74, 6) is 1.23. The normalized spacial score (nSPS) is 14.1. The van der Waals surface area contributed by atoms with Crippen molar-refractivity contribution in [1.29, 1.82) is 0 Å². The van der Waals surface area contributed by atoms with Gasteiger partial charge < -0.3 is 14.9 Å².